The fraction of sp³-hybridized carbons (Fsp3) is 0.500. The summed E-state index contributed by atoms with van der Waals surface area (Å²) in [5.74, 6) is 1.78. The topological polar surface area (TPSA) is 62.5 Å². The molecule has 2 N–H and O–H groups in total. The van der Waals surface area contributed by atoms with E-state index in [2.05, 4.69) is 62.9 Å². The van der Waals surface area contributed by atoms with Crippen LogP contribution in [-0.4, -0.2) is 30.8 Å². The van der Waals surface area contributed by atoms with Gasteiger partial charge in [-0.05, 0) is 57.7 Å². The van der Waals surface area contributed by atoms with Crippen LogP contribution in [0.3, 0.4) is 0 Å². The highest BCUT2D eigenvalue weighted by atomic mass is 127. The quantitative estimate of drug-likeness (QED) is 0.305. The third-order valence-electron chi connectivity index (χ3n) is 5.02. The zero-order valence-corrected chi connectivity index (χ0v) is 20.1. The summed E-state index contributed by atoms with van der Waals surface area (Å²) in [7, 11) is 0. The first-order chi connectivity index (χ1) is 12.5. The van der Waals surface area contributed by atoms with E-state index in [1.54, 1.807) is 0 Å². The van der Waals surface area contributed by atoms with E-state index in [1.165, 1.54) is 24.0 Å². The molecule has 0 bridgehead atoms. The minimum absolute atomic E-state index is 0. The minimum atomic E-state index is 0. The summed E-state index contributed by atoms with van der Waals surface area (Å²) in [5.41, 5.74) is 3.73. The first-order valence-electron chi connectivity index (χ1n) is 9.24. The van der Waals surface area contributed by atoms with Crippen LogP contribution in [0.15, 0.2) is 38.3 Å². The molecule has 1 fully saturated rings. The van der Waals surface area contributed by atoms with Crippen molar-refractivity contribution in [3.05, 3.63) is 51.3 Å². The molecule has 0 unspecified atom stereocenters. The maximum absolute atomic E-state index is 5.23. The summed E-state index contributed by atoms with van der Waals surface area (Å²) >= 11 is 3.58. The molecular formula is C20H28BrIN4O. The number of guanidine groups is 1. The second-order valence-electron chi connectivity index (χ2n) is 6.97. The average molecular weight is 547 g/mol. The molecule has 5 nitrogen and oxygen atoms in total. The van der Waals surface area contributed by atoms with Crippen molar-refractivity contribution in [2.45, 2.75) is 45.4 Å². The van der Waals surface area contributed by atoms with Gasteiger partial charge in [-0.3, -0.25) is 4.99 Å². The SMILES string of the molecule is CCNC(=NCC1(c2cccc(Br)c2)CC1)NCCc1c(C)noc1C.I. The molecule has 1 aliphatic carbocycles. The van der Waals surface area contributed by atoms with Gasteiger partial charge in [-0.2, -0.15) is 0 Å². The third-order valence-corrected chi connectivity index (χ3v) is 5.52. The standard InChI is InChI=1S/C20H27BrN4O.HI/c1-4-22-19(23-11-8-18-14(2)25-26-15(18)3)24-13-20(9-10-20)16-6-5-7-17(21)12-16;/h5-7,12H,4,8-11,13H2,1-3H3,(H2,22,23,24);1H. The van der Waals surface area contributed by atoms with Crippen LogP contribution >= 0.6 is 39.9 Å². The maximum Gasteiger partial charge on any atom is 0.191 e. The van der Waals surface area contributed by atoms with Gasteiger partial charge in [0.25, 0.3) is 0 Å². The highest BCUT2D eigenvalue weighted by Gasteiger charge is 2.44. The Morgan fingerprint density at radius 1 is 1.30 bits per heavy atom. The van der Waals surface area contributed by atoms with Gasteiger partial charge in [0.15, 0.2) is 5.96 Å². The number of hydrogen-bond acceptors (Lipinski definition) is 3. The lowest BCUT2D eigenvalue weighted by Crippen LogP contribution is -2.39. The Morgan fingerprint density at radius 2 is 2.07 bits per heavy atom. The molecule has 7 heteroatoms. The van der Waals surface area contributed by atoms with Gasteiger partial charge < -0.3 is 15.2 Å². The van der Waals surface area contributed by atoms with Crippen LogP contribution in [0.4, 0.5) is 0 Å². The highest BCUT2D eigenvalue weighted by molar-refractivity contribution is 14.0. The predicted octanol–water partition coefficient (Wildman–Crippen LogP) is 4.50. The molecule has 1 saturated carbocycles. The molecule has 0 radical (unpaired) electrons. The van der Waals surface area contributed by atoms with Crippen LogP contribution in [0.1, 0.15) is 42.3 Å². The summed E-state index contributed by atoms with van der Waals surface area (Å²) in [6.07, 6.45) is 3.28. The molecule has 2 aromatic rings. The Morgan fingerprint density at radius 3 is 2.67 bits per heavy atom. The van der Waals surface area contributed by atoms with Crippen molar-refractivity contribution in [1.29, 1.82) is 0 Å². The maximum atomic E-state index is 5.23. The smallest absolute Gasteiger partial charge is 0.191 e. The van der Waals surface area contributed by atoms with Crippen molar-refractivity contribution in [3.8, 4) is 0 Å². The molecule has 27 heavy (non-hydrogen) atoms. The summed E-state index contributed by atoms with van der Waals surface area (Å²) in [5, 5.41) is 10.8. The lowest BCUT2D eigenvalue weighted by Gasteiger charge is -2.16. The zero-order chi connectivity index (χ0) is 18.6. The van der Waals surface area contributed by atoms with Gasteiger partial charge >= 0.3 is 0 Å². The lowest BCUT2D eigenvalue weighted by molar-refractivity contribution is 0.392. The Hall–Kier alpha value is -1.09. The van der Waals surface area contributed by atoms with Crippen LogP contribution in [-0.2, 0) is 11.8 Å². The van der Waals surface area contributed by atoms with E-state index in [-0.39, 0.29) is 29.4 Å². The normalized spacial score (nSPS) is 15.2. The molecule has 1 aromatic heterocycles. The van der Waals surface area contributed by atoms with Gasteiger partial charge in [-0.25, -0.2) is 0 Å². The fourth-order valence-electron chi connectivity index (χ4n) is 3.24. The fourth-order valence-corrected chi connectivity index (χ4v) is 3.64. The second-order valence-corrected chi connectivity index (χ2v) is 7.88. The number of benzene rings is 1. The molecule has 0 aliphatic heterocycles. The van der Waals surface area contributed by atoms with E-state index < -0.39 is 0 Å². The van der Waals surface area contributed by atoms with Crippen LogP contribution in [0.5, 0.6) is 0 Å². The molecule has 0 saturated heterocycles. The number of aromatic nitrogens is 1. The van der Waals surface area contributed by atoms with E-state index >= 15 is 0 Å². The summed E-state index contributed by atoms with van der Waals surface area (Å²) < 4.78 is 6.37. The minimum Gasteiger partial charge on any atom is -0.361 e. The number of hydrogen-bond donors (Lipinski definition) is 2. The van der Waals surface area contributed by atoms with Crippen molar-refractivity contribution in [3.63, 3.8) is 0 Å². The van der Waals surface area contributed by atoms with Crippen molar-refractivity contribution in [1.82, 2.24) is 15.8 Å². The molecule has 3 rings (SSSR count). The zero-order valence-electron chi connectivity index (χ0n) is 16.1. The number of nitrogens with one attached hydrogen (secondary N) is 2. The summed E-state index contributed by atoms with van der Waals surface area (Å²) in [6, 6.07) is 8.62. The molecular weight excluding hydrogens is 519 g/mol. The number of halogens is 2. The number of nitrogens with zero attached hydrogens (tertiary/aromatic N) is 2. The molecule has 1 aliphatic rings. The predicted molar refractivity (Wildman–Crippen MR) is 124 cm³/mol. The number of aryl methyl sites for hydroxylation is 2. The van der Waals surface area contributed by atoms with Crippen LogP contribution < -0.4 is 10.6 Å². The molecule has 1 heterocycles. The van der Waals surface area contributed by atoms with Gasteiger partial charge in [0.05, 0.1) is 12.2 Å². The van der Waals surface area contributed by atoms with E-state index in [9.17, 15) is 0 Å². The molecule has 0 amide bonds. The number of aliphatic imine (C=N–C) groups is 1. The van der Waals surface area contributed by atoms with Crippen molar-refractivity contribution in [2.24, 2.45) is 4.99 Å². The second kappa shape index (κ2) is 9.91. The molecule has 1 aromatic carbocycles. The Labute approximate surface area is 186 Å². The Bertz CT molecular complexity index is 767. The van der Waals surface area contributed by atoms with E-state index in [0.29, 0.717) is 0 Å². The summed E-state index contributed by atoms with van der Waals surface area (Å²) in [4.78, 5) is 4.86. The highest BCUT2D eigenvalue weighted by Crippen LogP contribution is 2.48. The number of rotatable bonds is 7. The van der Waals surface area contributed by atoms with Crippen molar-refractivity contribution in [2.75, 3.05) is 19.6 Å². The molecule has 0 atom stereocenters. The Balaban J connectivity index is 0.00000261. The van der Waals surface area contributed by atoms with Crippen LogP contribution in [0, 0.1) is 13.8 Å². The van der Waals surface area contributed by atoms with Crippen LogP contribution in [0.2, 0.25) is 0 Å². The Kier molecular flexibility index (Phi) is 8.15. The molecule has 148 valence electrons. The largest absolute Gasteiger partial charge is 0.361 e. The van der Waals surface area contributed by atoms with E-state index in [4.69, 9.17) is 9.52 Å². The lowest BCUT2D eigenvalue weighted by atomic mass is 9.96. The van der Waals surface area contributed by atoms with Gasteiger partial charge in [0.2, 0.25) is 0 Å². The monoisotopic (exact) mass is 546 g/mol. The molecule has 0 spiro atoms. The van der Waals surface area contributed by atoms with Gasteiger partial charge in [0.1, 0.15) is 5.76 Å². The van der Waals surface area contributed by atoms with E-state index in [0.717, 1.165) is 47.9 Å². The first kappa shape index (κ1) is 22.2. The van der Waals surface area contributed by atoms with Crippen LogP contribution in [0.25, 0.3) is 0 Å². The first-order valence-corrected chi connectivity index (χ1v) is 10.0. The average Bonchev–Trinajstić information content (AvgIpc) is 3.35. The van der Waals surface area contributed by atoms with Gasteiger partial charge in [-0.1, -0.05) is 33.2 Å². The van der Waals surface area contributed by atoms with Gasteiger partial charge in [-0.15, -0.1) is 24.0 Å². The summed E-state index contributed by atoms with van der Waals surface area (Å²) in [6.45, 7) is 8.50. The van der Waals surface area contributed by atoms with Crippen molar-refractivity contribution >= 4 is 45.9 Å². The van der Waals surface area contributed by atoms with Gasteiger partial charge in [0, 0.05) is 28.5 Å². The van der Waals surface area contributed by atoms with E-state index in [1.807, 2.05) is 13.8 Å². The third kappa shape index (κ3) is 5.70. The van der Waals surface area contributed by atoms with Crippen molar-refractivity contribution < 1.29 is 4.52 Å².